The second kappa shape index (κ2) is 5.03. The van der Waals surface area contributed by atoms with E-state index in [1.165, 1.54) is 6.07 Å². The quantitative estimate of drug-likeness (QED) is 0.638. The van der Waals surface area contributed by atoms with Crippen LogP contribution in [0.15, 0.2) is 18.2 Å². The molecule has 1 unspecified atom stereocenters. The molecule has 1 aromatic carbocycles. The second-order valence-corrected chi connectivity index (χ2v) is 3.79. The summed E-state index contributed by atoms with van der Waals surface area (Å²) in [6.45, 7) is 3.78. The Morgan fingerprint density at radius 3 is 2.80 bits per heavy atom. The van der Waals surface area contributed by atoms with Crippen molar-refractivity contribution in [3.63, 3.8) is 0 Å². The van der Waals surface area contributed by atoms with E-state index in [1.807, 2.05) is 13.8 Å². The summed E-state index contributed by atoms with van der Waals surface area (Å²) in [5.41, 5.74) is 6.36. The van der Waals surface area contributed by atoms with E-state index in [-0.39, 0.29) is 6.10 Å². The maximum Gasteiger partial charge on any atom is 0.340 e. The third-order valence-electron chi connectivity index (χ3n) is 2.12. The number of benzene rings is 1. The fourth-order valence-electron chi connectivity index (χ4n) is 1.05. The highest BCUT2D eigenvalue weighted by atomic mass is 35.5. The molecular formula is C11H14ClNO2. The average Bonchev–Trinajstić information content (AvgIpc) is 2.17. The first-order valence-corrected chi connectivity index (χ1v) is 5.18. The van der Waals surface area contributed by atoms with Crippen LogP contribution in [0.1, 0.15) is 30.6 Å². The van der Waals surface area contributed by atoms with Crippen molar-refractivity contribution in [3.05, 3.63) is 28.8 Å². The Labute approximate surface area is 94.2 Å². The van der Waals surface area contributed by atoms with Gasteiger partial charge in [0.25, 0.3) is 0 Å². The summed E-state index contributed by atoms with van der Waals surface area (Å²) >= 11 is 5.72. The summed E-state index contributed by atoms with van der Waals surface area (Å²) in [6, 6.07) is 4.72. The summed E-state index contributed by atoms with van der Waals surface area (Å²) in [4.78, 5) is 11.6. The van der Waals surface area contributed by atoms with Crippen molar-refractivity contribution in [2.45, 2.75) is 26.4 Å². The zero-order chi connectivity index (χ0) is 11.4. The molecule has 0 saturated carbocycles. The lowest BCUT2D eigenvalue weighted by atomic mass is 10.2. The molecule has 3 nitrogen and oxygen atoms in total. The molecule has 0 fully saturated rings. The third kappa shape index (κ3) is 3.13. The van der Waals surface area contributed by atoms with Gasteiger partial charge in [-0.25, -0.2) is 4.79 Å². The van der Waals surface area contributed by atoms with Crippen molar-refractivity contribution in [2.24, 2.45) is 0 Å². The van der Waals surface area contributed by atoms with E-state index in [9.17, 15) is 4.79 Å². The van der Waals surface area contributed by atoms with Gasteiger partial charge in [0.05, 0.1) is 11.7 Å². The maximum atomic E-state index is 11.6. The monoisotopic (exact) mass is 227 g/mol. The molecule has 1 atom stereocenters. The van der Waals surface area contributed by atoms with E-state index in [0.29, 0.717) is 16.3 Å². The Hall–Kier alpha value is -1.22. The highest BCUT2D eigenvalue weighted by Crippen LogP contribution is 2.19. The van der Waals surface area contributed by atoms with Gasteiger partial charge in [-0.15, -0.1) is 0 Å². The molecule has 82 valence electrons. The lowest BCUT2D eigenvalue weighted by Gasteiger charge is -2.11. The van der Waals surface area contributed by atoms with Crippen molar-refractivity contribution in [2.75, 3.05) is 5.73 Å². The number of hydrogen-bond donors (Lipinski definition) is 1. The number of hydrogen-bond acceptors (Lipinski definition) is 3. The number of carbonyl (C=O) groups is 1. The Bertz CT molecular complexity index is 366. The van der Waals surface area contributed by atoms with Gasteiger partial charge in [0.15, 0.2) is 0 Å². The molecule has 2 N–H and O–H groups in total. The Balaban J connectivity index is 2.82. The van der Waals surface area contributed by atoms with Crippen LogP contribution in [0.25, 0.3) is 0 Å². The first-order valence-electron chi connectivity index (χ1n) is 4.80. The van der Waals surface area contributed by atoms with Crippen LogP contribution in [0, 0.1) is 0 Å². The van der Waals surface area contributed by atoms with E-state index in [4.69, 9.17) is 22.1 Å². The lowest BCUT2D eigenvalue weighted by Crippen LogP contribution is -2.15. The Kier molecular flexibility index (Phi) is 3.97. The normalized spacial score (nSPS) is 12.2. The molecule has 0 saturated heterocycles. The molecule has 0 aliphatic heterocycles. The number of anilines is 1. The van der Waals surface area contributed by atoms with Crippen molar-refractivity contribution >= 4 is 23.3 Å². The zero-order valence-corrected chi connectivity index (χ0v) is 9.54. The molecule has 1 aromatic rings. The SMILES string of the molecule is CCC(C)OC(=O)c1ccc(Cl)cc1N. The van der Waals surface area contributed by atoms with E-state index < -0.39 is 5.97 Å². The van der Waals surface area contributed by atoms with Crippen LogP contribution in [-0.4, -0.2) is 12.1 Å². The zero-order valence-electron chi connectivity index (χ0n) is 8.79. The molecule has 0 aromatic heterocycles. The molecule has 4 heteroatoms. The predicted molar refractivity (Wildman–Crippen MR) is 61.0 cm³/mol. The van der Waals surface area contributed by atoms with Crippen molar-refractivity contribution < 1.29 is 9.53 Å². The Morgan fingerprint density at radius 2 is 2.27 bits per heavy atom. The highest BCUT2D eigenvalue weighted by molar-refractivity contribution is 6.31. The van der Waals surface area contributed by atoms with Crippen molar-refractivity contribution in [1.29, 1.82) is 0 Å². The van der Waals surface area contributed by atoms with E-state index >= 15 is 0 Å². The summed E-state index contributed by atoms with van der Waals surface area (Å²) in [7, 11) is 0. The standard InChI is InChI=1S/C11H14ClNO2/c1-3-7(2)15-11(14)9-5-4-8(12)6-10(9)13/h4-7H,3,13H2,1-2H3. The molecule has 15 heavy (non-hydrogen) atoms. The third-order valence-corrected chi connectivity index (χ3v) is 2.35. The second-order valence-electron chi connectivity index (χ2n) is 3.36. The van der Waals surface area contributed by atoms with Crippen molar-refractivity contribution in [3.8, 4) is 0 Å². The minimum atomic E-state index is -0.404. The minimum Gasteiger partial charge on any atom is -0.459 e. The van der Waals surface area contributed by atoms with Gasteiger partial charge in [0.2, 0.25) is 0 Å². The number of halogens is 1. The van der Waals surface area contributed by atoms with Gasteiger partial charge in [-0.2, -0.15) is 0 Å². The minimum absolute atomic E-state index is 0.104. The van der Waals surface area contributed by atoms with Crippen LogP contribution in [-0.2, 0) is 4.74 Å². The van der Waals surface area contributed by atoms with Gasteiger partial charge in [-0.05, 0) is 31.5 Å². The number of rotatable bonds is 3. The van der Waals surface area contributed by atoms with Gasteiger partial charge >= 0.3 is 5.97 Å². The maximum absolute atomic E-state index is 11.6. The summed E-state index contributed by atoms with van der Waals surface area (Å²) in [5, 5.41) is 0.507. The van der Waals surface area contributed by atoms with Gasteiger partial charge in [-0.1, -0.05) is 18.5 Å². The largest absolute Gasteiger partial charge is 0.459 e. The van der Waals surface area contributed by atoms with Crippen molar-refractivity contribution in [1.82, 2.24) is 0 Å². The molecule has 0 aliphatic carbocycles. The highest BCUT2D eigenvalue weighted by Gasteiger charge is 2.13. The van der Waals surface area contributed by atoms with E-state index in [2.05, 4.69) is 0 Å². The molecule has 0 heterocycles. The first-order chi connectivity index (χ1) is 7.04. The summed E-state index contributed by atoms with van der Waals surface area (Å²) in [5.74, 6) is -0.404. The average molecular weight is 228 g/mol. The topological polar surface area (TPSA) is 52.3 Å². The van der Waals surface area contributed by atoms with Crippen LogP contribution in [0.2, 0.25) is 5.02 Å². The summed E-state index contributed by atoms with van der Waals surface area (Å²) in [6.07, 6.45) is 0.673. The van der Waals surface area contributed by atoms with Gasteiger partial charge in [0, 0.05) is 10.7 Å². The number of esters is 1. The number of ether oxygens (including phenoxy) is 1. The molecule has 0 spiro atoms. The molecule has 0 aliphatic rings. The number of nitrogen functional groups attached to an aromatic ring is 1. The molecule has 0 bridgehead atoms. The lowest BCUT2D eigenvalue weighted by molar-refractivity contribution is 0.0336. The van der Waals surface area contributed by atoms with E-state index in [0.717, 1.165) is 6.42 Å². The number of carbonyl (C=O) groups excluding carboxylic acids is 1. The van der Waals surface area contributed by atoms with Crippen LogP contribution < -0.4 is 5.73 Å². The smallest absolute Gasteiger partial charge is 0.340 e. The molecular weight excluding hydrogens is 214 g/mol. The van der Waals surface area contributed by atoms with Crippen LogP contribution >= 0.6 is 11.6 Å². The fraction of sp³-hybridized carbons (Fsp3) is 0.364. The first kappa shape index (κ1) is 11.9. The van der Waals surface area contributed by atoms with Gasteiger partial charge in [0.1, 0.15) is 0 Å². The number of nitrogens with two attached hydrogens (primary N) is 1. The Morgan fingerprint density at radius 1 is 1.60 bits per heavy atom. The van der Waals surface area contributed by atoms with Gasteiger partial charge < -0.3 is 10.5 Å². The summed E-state index contributed by atoms with van der Waals surface area (Å²) < 4.78 is 5.14. The molecule has 0 radical (unpaired) electrons. The van der Waals surface area contributed by atoms with E-state index in [1.54, 1.807) is 12.1 Å². The van der Waals surface area contributed by atoms with Crippen LogP contribution in [0.4, 0.5) is 5.69 Å². The van der Waals surface area contributed by atoms with Crippen LogP contribution in [0.3, 0.4) is 0 Å². The molecule has 1 rings (SSSR count). The fourth-order valence-corrected chi connectivity index (χ4v) is 1.23. The van der Waals surface area contributed by atoms with Crippen LogP contribution in [0.5, 0.6) is 0 Å². The molecule has 0 amide bonds. The predicted octanol–water partition coefficient (Wildman–Crippen LogP) is 2.88. The van der Waals surface area contributed by atoms with Gasteiger partial charge in [-0.3, -0.25) is 0 Å².